The molecule has 1 aliphatic heterocycles. The van der Waals surface area contributed by atoms with Crippen molar-refractivity contribution in [1.82, 2.24) is 20.2 Å². The lowest BCUT2D eigenvalue weighted by molar-refractivity contribution is -0.118. The van der Waals surface area contributed by atoms with Gasteiger partial charge in [0.15, 0.2) is 5.82 Å². The minimum atomic E-state index is -0.166. The summed E-state index contributed by atoms with van der Waals surface area (Å²) in [5.74, 6) is 0.645. The van der Waals surface area contributed by atoms with E-state index >= 15 is 0 Å². The lowest BCUT2D eigenvalue weighted by Crippen LogP contribution is -2.47. The molecule has 8 heteroatoms. The van der Waals surface area contributed by atoms with Crippen molar-refractivity contribution in [3.8, 4) is 5.69 Å². The van der Waals surface area contributed by atoms with Gasteiger partial charge in [-0.15, -0.1) is 5.10 Å². The minimum Gasteiger partial charge on any atom is -0.305 e. The number of hydrogen-bond donors (Lipinski definition) is 0. The van der Waals surface area contributed by atoms with E-state index in [1.54, 1.807) is 16.8 Å². The van der Waals surface area contributed by atoms with E-state index in [-0.39, 0.29) is 23.9 Å². The Kier molecular flexibility index (Phi) is 6.33. The summed E-state index contributed by atoms with van der Waals surface area (Å²) in [4.78, 5) is 30.7. The number of fused-ring (bicyclic) bond motifs is 1. The van der Waals surface area contributed by atoms with E-state index in [0.29, 0.717) is 24.2 Å². The quantitative estimate of drug-likeness (QED) is 0.406. The molecule has 182 valence electrons. The predicted molar refractivity (Wildman–Crippen MR) is 138 cm³/mol. The fourth-order valence-electron chi connectivity index (χ4n) is 4.95. The first-order valence-electron chi connectivity index (χ1n) is 12.1. The number of para-hydroxylation sites is 2. The zero-order chi connectivity index (χ0) is 25.2. The van der Waals surface area contributed by atoms with Crippen LogP contribution >= 0.6 is 0 Å². The molecule has 0 fully saturated rings. The van der Waals surface area contributed by atoms with Crippen LogP contribution in [-0.4, -0.2) is 38.1 Å². The molecule has 0 radical (unpaired) electrons. The molecule has 2 heterocycles. The van der Waals surface area contributed by atoms with Gasteiger partial charge >= 0.3 is 0 Å². The smallest absolute Gasteiger partial charge is 0.258 e. The third-order valence-electron chi connectivity index (χ3n) is 6.68. The Morgan fingerprint density at radius 3 is 2.33 bits per heavy atom. The van der Waals surface area contributed by atoms with Crippen LogP contribution in [0.1, 0.15) is 54.5 Å². The number of hydrogen-bond acceptors (Lipinski definition) is 5. The van der Waals surface area contributed by atoms with E-state index in [1.807, 2.05) is 97.3 Å². The van der Waals surface area contributed by atoms with Crippen LogP contribution in [0.4, 0.5) is 11.4 Å². The lowest BCUT2D eigenvalue weighted by atomic mass is 9.89. The van der Waals surface area contributed by atoms with Crippen molar-refractivity contribution in [2.75, 3.05) is 9.80 Å². The molecule has 4 aromatic rings. The summed E-state index contributed by atoms with van der Waals surface area (Å²) in [6.07, 6.45) is 1.03. The van der Waals surface area contributed by atoms with E-state index in [0.717, 1.165) is 22.6 Å². The average Bonchev–Trinajstić information content (AvgIpc) is 3.35. The van der Waals surface area contributed by atoms with Crippen molar-refractivity contribution in [3.05, 3.63) is 95.8 Å². The first-order valence-corrected chi connectivity index (χ1v) is 12.1. The fourth-order valence-corrected chi connectivity index (χ4v) is 4.95. The first-order chi connectivity index (χ1) is 17.5. The zero-order valence-electron chi connectivity index (χ0n) is 20.6. The highest BCUT2D eigenvalue weighted by molar-refractivity contribution is 6.07. The van der Waals surface area contributed by atoms with Crippen molar-refractivity contribution in [2.24, 2.45) is 0 Å². The van der Waals surface area contributed by atoms with Gasteiger partial charge in [-0.1, -0.05) is 43.3 Å². The van der Waals surface area contributed by atoms with E-state index in [9.17, 15) is 9.59 Å². The molecule has 0 bridgehead atoms. The number of tetrazole rings is 1. The molecule has 3 aromatic carbocycles. The molecule has 1 aromatic heterocycles. The zero-order valence-corrected chi connectivity index (χ0v) is 20.6. The molecular weight excluding hydrogens is 452 g/mol. The first kappa shape index (κ1) is 23.4. The maximum absolute atomic E-state index is 13.8. The molecule has 36 heavy (non-hydrogen) atoms. The molecule has 2 atom stereocenters. The number of aryl methyl sites for hydroxylation is 1. The predicted octanol–water partition coefficient (Wildman–Crippen LogP) is 4.89. The fraction of sp³-hybridized carbons (Fsp3) is 0.250. The Labute approximate surface area is 210 Å². The van der Waals surface area contributed by atoms with Gasteiger partial charge in [0, 0.05) is 29.4 Å². The molecule has 0 spiro atoms. The normalized spacial score (nSPS) is 16.9. The van der Waals surface area contributed by atoms with Gasteiger partial charge < -0.3 is 9.80 Å². The SMILES string of the molecule is CCC(=O)N(c1ccccc1)C1CC(C)N(C(=O)c2ccc(-n3nnnc3C)cc2)c2ccccc21. The Hall–Kier alpha value is -4.33. The second-order valence-electron chi connectivity index (χ2n) is 8.97. The number of carbonyl (C=O) groups excluding carboxylic acids is 2. The summed E-state index contributed by atoms with van der Waals surface area (Å²) in [5, 5.41) is 11.6. The summed E-state index contributed by atoms with van der Waals surface area (Å²) in [6.45, 7) is 5.75. The Morgan fingerprint density at radius 2 is 1.67 bits per heavy atom. The molecule has 1 aliphatic rings. The summed E-state index contributed by atoms with van der Waals surface area (Å²) in [7, 11) is 0. The highest BCUT2D eigenvalue weighted by Gasteiger charge is 2.38. The number of amides is 2. The lowest BCUT2D eigenvalue weighted by Gasteiger charge is -2.43. The number of nitrogens with zero attached hydrogens (tertiary/aromatic N) is 6. The van der Waals surface area contributed by atoms with Gasteiger partial charge in [-0.25, -0.2) is 0 Å². The van der Waals surface area contributed by atoms with Crippen LogP contribution in [0.25, 0.3) is 5.69 Å². The van der Waals surface area contributed by atoms with E-state index < -0.39 is 0 Å². The van der Waals surface area contributed by atoms with E-state index in [4.69, 9.17) is 0 Å². The molecule has 0 saturated heterocycles. The van der Waals surface area contributed by atoms with Gasteiger partial charge in [0.25, 0.3) is 5.91 Å². The third kappa shape index (κ3) is 4.15. The molecule has 5 rings (SSSR count). The van der Waals surface area contributed by atoms with Crippen molar-refractivity contribution in [2.45, 2.75) is 45.7 Å². The number of carbonyl (C=O) groups is 2. The summed E-state index contributed by atoms with van der Waals surface area (Å²) < 4.78 is 1.63. The van der Waals surface area contributed by atoms with Crippen LogP contribution in [0, 0.1) is 6.92 Å². The Morgan fingerprint density at radius 1 is 0.972 bits per heavy atom. The Bertz CT molecular complexity index is 1380. The van der Waals surface area contributed by atoms with Crippen LogP contribution < -0.4 is 9.80 Å². The van der Waals surface area contributed by atoms with Crippen LogP contribution in [0.2, 0.25) is 0 Å². The molecule has 0 aliphatic carbocycles. The number of benzene rings is 3. The van der Waals surface area contributed by atoms with Crippen LogP contribution in [-0.2, 0) is 4.79 Å². The molecule has 8 nitrogen and oxygen atoms in total. The second kappa shape index (κ2) is 9.73. The topological polar surface area (TPSA) is 84.2 Å². The summed E-state index contributed by atoms with van der Waals surface area (Å²) >= 11 is 0. The third-order valence-corrected chi connectivity index (χ3v) is 6.68. The minimum absolute atomic E-state index is 0.0569. The standard InChI is InChI=1S/C28H28N6O2/c1-4-27(35)33(22-10-6-5-7-11-22)26-18-19(2)32(25-13-9-8-12-24(25)26)28(36)21-14-16-23(17-15-21)34-20(3)29-30-31-34/h5-17,19,26H,4,18H2,1-3H3. The van der Waals surface area contributed by atoms with Crippen LogP contribution in [0.3, 0.4) is 0 Å². The van der Waals surface area contributed by atoms with Crippen molar-refractivity contribution >= 4 is 23.2 Å². The number of aromatic nitrogens is 4. The van der Waals surface area contributed by atoms with E-state index in [2.05, 4.69) is 15.5 Å². The summed E-state index contributed by atoms with van der Waals surface area (Å²) in [6, 6.07) is 24.7. The monoisotopic (exact) mass is 480 g/mol. The van der Waals surface area contributed by atoms with Gasteiger partial charge in [-0.2, -0.15) is 4.68 Å². The van der Waals surface area contributed by atoms with Crippen molar-refractivity contribution in [1.29, 1.82) is 0 Å². The van der Waals surface area contributed by atoms with Gasteiger partial charge in [-0.3, -0.25) is 9.59 Å². The largest absolute Gasteiger partial charge is 0.305 e. The highest BCUT2D eigenvalue weighted by Crippen LogP contribution is 2.42. The second-order valence-corrected chi connectivity index (χ2v) is 8.97. The van der Waals surface area contributed by atoms with Crippen LogP contribution in [0.5, 0.6) is 0 Å². The van der Waals surface area contributed by atoms with E-state index in [1.165, 1.54) is 0 Å². The maximum atomic E-state index is 13.8. The molecular formula is C28H28N6O2. The van der Waals surface area contributed by atoms with Gasteiger partial charge in [0.05, 0.1) is 11.7 Å². The van der Waals surface area contributed by atoms with Crippen molar-refractivity contribution in [3.63, 3.8) is 0 Å². The number of anilines is 2. The average molecular weight is 481 g/mol. The highest BCUT2D eigenvalue weighted by atomic mass is 16.2. The van der Waals surface area contributed by atoms with Gasteiger partial charge in [0.1, 0.15) is 0 Å². The number of rotatable bonds is 5. The van der Waals surface area contributed by atoms with Gasteiger partial charge in [0.2, 0.25) is 5.91 Å². The molecule has 2 unspecified atom stereocenters. The molecule has 0 saturated carbocycles. The Balaban J connectivity index is 1.51. The maximum Gasteiger partial charge on any atom is 0.258 e. The van der Waals surface area contributed by atoms with Crippen LogP contribution in [0.15, 0.2) is 78.9 Å². The summed E-state index contributed by atoms with van der Waals surface area (Å²) in [5.41, 5.74) is 4.03. The van der Waals surface area contributed by atoms with Crippen molar-refractivity contribution < 1.29 is 9.59 Å². The van der Waals surface area contributed by atoms with Gasteiger partial charge in [-0.05, 0) is 78.7 Å². The molecule has 0 N–H and O–H groups in total. The molecule has 2 amide bonds.